The molecule has 2 rings (SSSR count). The molecule has 11 heteroatoms. The van der Waals surface area contributed by atoms with Gasteiger partial charge in [-0.1, -0.05) is 39.3 Å². The summed E-state index contributed by atoms with van der Waals surface area (Å²) in [6.07, 6.45) is 8.11. The van der Waals surface area contributed by atoms with E-state index in [1.54, 1.807) is 19.5 Å². The van der Waals surface area contributed by atoms with Gasteiger partial charge in [0, 0.05) is 74.1 Å². The minimum Gasteiger partial charge on any atom is -0.361 e. The molecule has 0 fully saturated rings. The molecule has 2 heterocycles. The predicted molar refractivity (Wildman–Crippen MR) is 146 cm³/mol. The van der Waals surface area contributed by atoms with E-state index in [2.05, 4.69) is 55.3 Å². The lowest BCUT2D eigenvalue weighted by molar-refractivity contribution is -0.0553. The maximum atomic E-state index is 10.4. The number of nitrogens with zero attached hydrogens (tertiary/aromatic N) is 5. The zero-order valence-corrected chi connectivity index (χ0v) is 25.2. The lowest BCUT2D eigenvalue weighted by Crippen LogP contribution is -2.33. The summed E-state index contributed by atoms with van der Waals surface area (Å²) in [6, 6.07) is 4.73. The van der Waals surface area contributed by atoms with Crippen molar-refractivity contribution in [2.75, 3.05) is 33.7 Å². The van der Waals surface area contributed by atoms with E-state index in [0.29, 0.717) is 26.3 Å². The predicted octanol–water partition coefficient (Wildman–Crippen LogP) is 4.62. The highest BCUT2D eigenvalue weighted by Crippen LogP contribution is 2.28. The summed E-state index contributed by atoms with van der Waals surface area (Å²) in [6.45, 7) is 16.6. The standard InChI is InChI=1S/C25H45N5O4Si2/c1-31-22-34-19-25(18-26,16-23-27-8-10-29(23)20-32-12-14-35(2,3)4)17-24-28-9-11-30(24)21-33-13-15-36(5,6)7/h8-11H,12-17,19-22H2,1-7H3. The Labute approximate surface area is 218 Å². The molecule has 36 heavy (non-hydrogen) atoms. The smallest absolute Gasteiger partial charge is 0.146 e. The Morgan fingerprint density at radius 3 is 1.69 bits per heavy atom. The van der Waals surface area contributed by atoms with Crippen molar-refractivity contribution in [1.82, 2.24) is 19.1 Å². The van der Waals surface area contributed by atoms with Gasteiger partial charge in [-0.25, -0.2) is 9.97 Å². The van der Waals surface area contributed by atoms with Crippen LogP contribution in [0.4, 0.5) is 0 Å². The molecule has 0 aliphatic heterocycles. The quantitative estimate of drug-likeness (QED) is 0.156. The van der Waals surface area contributed by atoms with Gasteiger partial charge in [0.1, 0.15) is 31.9 Å². The molecular weight excluding hydrogens is 490 g/mol. The Bertz CT molecular complexity index is 881. The van der Waals surface area contributed by atoms with Crippen LogP contribution in [0.3, 0.4) is 0 Å². The minimum absolute atomic E-state index is 0.117. The molecule has 0 N–H and O–H groups in total. The van der Waals surface area contributed by atoms with Crippen LogP contribution in [0.2, 0.25) is 51.4 Å². The highest BCUT2D eigenvalue weighted by molar-refractivity contribution is 6.76. The number of nitriles is 1. The maximum absolute atomic E-state index is 10.4. The van der Waals surface area contributed by atoms with Gasteiger partial charge in [0.15, 0.2) is 0 Å². The first-order chi connectivity index (χ1) is 17.0. The normalized spacial score (nSPS) is 12.7. The molecule has 0 atom stereocenters. The highest BCUT2D eigenvalue weighted by Gasteiger charge is 2.35. The second kappa shape index (κ2) is 14.2. The number of imidazole rings is 2. The lowest BCUT2D eigenvalue weighted by atomic mass is 9.82. The number of hydrogen-bond acceptors (Lipinski definition) is 7. The van der Waals surface area contributed by atoms with Crippen molar-refractivity contribution in [3.63, 3.8) is 0 Å². The summed E-state index contributed by atoms with van der Waals surface area (Å²) in [7, 11) is -0.744. The van der Waals surface area contributed by atoms with Gasteiger partial charge in [-0.3, -0.25) is 0 Å². The monoisotopic (exact) mass is 535 g/mol. The molecule has 0 saturated carbocycles. The Balaban J connectivity index is 2.11. The average molecular weight is 536 g/mol. The maximum Gasteiger partial charge on any atom is 0.146 e. The summed E-state index contributed by atoms with van der Waals surface area (Å²) in [5, 5.41) is 10.4. The summed E-state index contributed by atoms with van der Waals surface area (Å²) in [4.78, 5) is 9.09. The van der Waals surface area contributed by atoms with Crippen LogP contribution in [0.5, 0.6) is 0 Å². The van der Waals surface area contributed by atoms with Gasteiger partial charge in [0.2, 0.25) is 0 Å². The van der Waals surface area contributed by atoms with Crippen molar-refractivity contribution >= 4 is 16.1 Å². The van der Waals surface area contributed by atoms with E-state index in [0.717, 1.165) is 37.0 Å². The van der Waals surface area contributed by atoms with Crippen molar-refractivity contribution in [2.24, 2.45) is 5.41 Å². The van der Waals surface area contributed by atoms with Crippen LogP contribution in [-0.4, -0.2) is 69.0 Å². The lowest BCUT2D eigenvalue weighted by Gasteiger charge is -2.26. The number of rotatable bonds is 18. The zero-order chi connectivity index (χ0) is 26.7. The first kappa shape index (κ1) is 30.4. The van der Waals surface area contributed by atoms with Crippen molar-refractivity contribution in [1.29, 1.82) is 5.26 Å². The van der Waals surface area contributed by atoms with Crippen LogP contribution in [0.15, 0.2) is 24.8 Å². The van der Waals surface area contributed by atoms with Crippen LogP contribution < -0.4 is 0 Å². The van der Waals surface area contributed by atoms with E-state index in [1.165, 1.54) is 0 Å². The summed E-state index contributed by atoms with van der Waals surface area (Å²) in [5.74, 6) is 1.57. The number of methoxy groups -OCH3 is 1. The fraction of sp³-hybridized carbons (Fsp3) is 0.720. The summed E-state index contributed by atoms with van der Waals surface area (Å²) >= 11 is 0. The molecule has 0 aliphatic rings. The van der Waals surface area contributed by atoms with Crippen LogP contribution in [0.1, 0.15) is 11.6 Å². The molecule has 0 amide bonds. The Hall–Kier alpha value is -1.82. The molecule has 2 aromatic rings. The van der Waals surface area contributed by atoms with Gasteiger partial charge in [0.05, 0.1) is 18.1 Å². The van der Waals surface area contributed by atoms with Gasteiger partial charge < -0.3 is 28.1 Å². The number of aromatic nitrogens is 4. The summed E-state index contributed by atoms with van der Waals surface area (Å²) < 4.78 is 26.6. The van der Waals surface area contributed by atoms with E-state index in [-0.39, 0.29) is 13.4 Å². The molecule has 0 radical (unpaired) electrons. The SMILES string of the molecule is COCOCC(C#N)(Cc1nccn1COCC[Si](C)(C)C)Cc1nccn1COCC[Si](C)(C)C. The van der Waals surface area contributed by atoms with E-state index >= 15 is 0 Å². The topological polar surface area (TPSA) is 96.4 Å². The third-order valence-corrected chi connectivity index (χ3v) is 9.27. The zero-order valence-electron chi connectivity index (χ0n) is 23.2. The highest BCUT2D eigenvalue weighted by atomic mass is 28.3. The molecule has 0 saturated heterocycles. The molecule has 0 aromatic carbocycles. The largest absolute Gasteiger partial charge is 0.361 e. The molecule has 0 aliphatic carbocycles. The average Bonchev–Trinajstić information content (AvgIpc) is 3.42. The fourth-order valence-electron chi connectivity index (χ4n) is 3.53. The van der Waals surface area contributed by atoms with Crippen molar-refractivity contribution in [2.45, 2.75) is 77.7 Å². The molecular formula is C25H45N5O4Si2. The van der Waals surface area contributed by atoms with Crippen LogP contribution in [0, 0.1) is 16.7 Å². The second-order valence-electron chi connectivity index (χ2n) is 11.8. The van der Waals surface area contributed by atoms with E-state index in [9.17, 15) is 5.26 Å². The molecule has 0 bridgehead atoms. The van der Waals surface area contributed by atoms with Crippen molar-refractivity contribution in [3.05, 3.63) is 36.4 Å². The van der Waals surface area contributed by atoms with Crippen LogP contribution in [-0.2, 0) is 45.3 Å². The second-order valence-corrected chi connectivity index (χ2v) is 23.1. The molecule has 202 valence electrons. The first-order valence-electron chi connectivity index (χ1n) is 12.6. The van der Waals surface area contributed by atoms with Gasteiger partial charge in [0.25, 0.3) is 0 Å². The molecule has 9 nitrogen and oxygen atoms in total. The number of hydrogen-bond donors (Lipinski definition) is 0. The Kier molecular flexibility index (Phi) is 12.0. The summed E-state index contributed by atoms with van der Waals surface area (Å²) in [5.41, 5.74) is -0.874. The third kappa shape index (κ3) is 11.1. The number of ether oxygens (including phenoxy) is 4. The molecule has 2 aromatic heterocycles. The Morgan fingerprint density at radius 2 is 1.31 bits per heavy atom. The van der Waals surface area contributed by atoms with Gasteiger partial charge in [-0.05, 0) is 12.1 Å². The van der Waals surface area contributed by atoms with E-state index in [1.807, 2.05) is 21.5 Å². The van der Waals surface area contributed by atoms with Crippen LogP contribution >= 0.6 is 0 Å². The third-order valence-electron chi connectivity index (χ3n) is 5.87. The van der Waals surface area contributed by atoms with Gasteiger partial charge >= 0.3 is 0 Å². The van der Waals surface area contributed by atoms with E-state index < -0.39 is 21.6 Å². The van der Waals surface area contributed by atoms with Gasteiger partial charge in [-0.15, -0.1) is 0 Å². The molecule has 0 unspecified atom stereocenters. The fourth-order valence-corrected chi connectivity index (χ4v) is 5.05. The molecule has 0 spiro atoms. The Morgan fingerprint density at radius 1 is 0.833 bits per heavy atom. The minimum atomic E-state index is -1.16. The van der Waals surface area contributed by atoms with Crippen molar-refractivity contribution < 1.29 is 18.9 Å². The first-order valence-corrected chi connectivity index (χ1v) is 20.0. The van der Waals surface area contributed by atoms with Crippen molar-refractivity contribution in [3.8, 4) is 6.07 Å². The van der Waals surface area contributed by atoms with E-state index in [4.69, 9.17) is 18.9 Å². The van der Waals surface area contributed by atoms with Crippen LogP contribution in [0.25, 0.3) is 0 Å². The van der Waals surface area contributed by atoms with Gasteiger partial charge in [-0.2, -0.15) is 5.26 Å².